The molecular weight excluding hydrogens is 544 g/mol. The first-order valence-electron chi connectivity index (χ1n) is 14.0. The smallest absolute Gasteiger partial charge is 0.255 e. The van der Waals surface area contributed by atoms with Gasteiger partial charge in [-0.15, -0.1) is 10.2 Å². The number of anilines is 2. The lowest BCUT2D eigenvalue weighted by atomic mass is 9.53. The van der Waals surface area contributed by atoms with E-state index >= 15 is 0 Å². The number of nitrogens with zero attached hydrogens (tertiary/aromatic N) is 6. The number of aliphatic hydroxyl groups is 1. The Hall–Kier alpha value is -3.55. The molecule has 4 aliphatic rings. The predicted molar refractivity (Wildman–Crippen MR) is 154 cm³/mol. The number of aromatic nitrogens is 6. The van der Waals surface area contributed by atoms with Gasteiger partial charge in [-0.05, 0) is 44.2 Å². The fraction of sp³-hybridized carbons (Fsp3) is 0.500. The van der Waals surface area contributed by atoms with Crippen molar-refractivity contribution in [3.8, 4) is 0 Å². The van der Waals surface area contributed by atoms with Gasteiger partial charge in [0, 0.05) is 18.5 Å². The molecule has 3 saturated heterocycles. The molecule has 218 valence electrons. The maximum Gasteiger partial charge on any atom is 0.255 e. The number of benzene rings is 1. The van der Waals surface area contributed by atoms with Crippen LogP contribution in [0.15, 0.2) is 48.7 Å². The van der Waals surface area contributed by atoms with Crippen molar-refractivity contribution in [1.29, 1.82) is 0 Å². The monoisotopic (exact) mass is 580 g/mol. The molecule has 0 spiro atoms. The average Bonchev–Trinajstić information content (AvgIpc) is 3.78. The van der Waals surface area contributed by atoms with E-state index in [0.29, 0.717) is 30.6 Å². The third-order valence-electron chi connectivity index (χ3n) is 8.47. The molecule has 4 unspecified atom stereocenters. The van der Waals surface area contributed by atoms with E-state index in [4.69, 9.17) is 14.8 Å². The van der Waals surface area contributed by atoms with Gasteiger partial charge in [-0.25, -0.2) is 22.6 Å². The highest BCUT2D eigenvalue weighted by Crippen LogP contribution is 2.70. The summed E-state index contributed by atoms with van der Waals surface area (Å²) in [5, 5.41) is 22.0. The highest BCUT2D eigenvalue weighted by atomic mass is 32.2. The number of aromatic amines is 1. The van der Waals surface area contributed by atoms with Crippen molar-refractivity contribution in [2.75, 3.05) is 41.7 Å². The zero-order valence-electron chi connectivity index (χ0n) is 23.5. The van der Waals surface area contributed by atoms with Gasteiger partial charge >= 0.3 is 0 Å². The number of hydrogen-bond donors (Lipinski definition) is 3. The molecule has 8 rings (SSSR count). The second kappa shape index (κ2) is 10.4. The van der Waals surface area contributed by atoms with Crippen molar-refractivity contribution >= 4 is 27.3 Å². The quantitative estimate of drug-likeness (QED) is 0.300. The molecule has 3 aliphatic heterocycles. The lowest BCUT2D eigenvalue weighted by molar-refractivity contribution is -0.0714. The summed E-state index contributed by atoms with van der Waals surface area (Å²) in [5.74, 6) is 1.14. The van der Waals surface area contributed by atoms with Gasteiger partial charge in [-0.1, -0.05) is 43.3 Å². The first-order chi connectivity index (χ1) is 19.7. The van der Waals surface area contributed by atoms with E-state index in [-0.39, 0.29) is 24.2 Å². The van der Waals surface area contributed by atoms with Gasteiger partial charge in [0.1, 0.15) is 11.4 Å². The fourth-order valence-electron chi connectivity index (χ4n) is 6.31. The number of sulfonamides is 1. The first-order valence-corrected chi connectivity index (χ1v) is 15.6. The Morgan fingerprint density at radius 1 is 1.20 bits per heavy atom. The van der Waals surface area contributed by atoms with Crippen molar-refractivity contribution in [3.63, 3.8) is 0 Å². The molecule has 1 saturated carbocycles. The number of rotatable bonds is 7. The molecule has 1 aliphatic carbocycles. The molecule has 13 heteroatoms. The maximum atomic E-state index is 12.0. The van der Waals surface area contributed by atoms with Gasteiger partial charge < -0.3 is 14.7 Å². The third-order valence-corrected chi connectivity index (χ3v) is 9.72. The van der Waals surface area contributed by atoms with Crippen LogP contribution in [0.3, 0.4) is 0 Å². The summed E-state index contributed by atoms with van der Waals surface area (Å²) in [5.41, 5.74) is 1.48. The molecule has 3 N–H and O–H groups in total. The van der Waals surface area contributed by atoms with Gasteiger partial charge in [-0.3, -0.25) is 5.10 Å². The summed E-state index contributed by atoms with van der Waals surface area (Å²) < 4.78 is 34.4. The van der Waals surface area contributed by atoms with Crippen LogP contribution in [0.25, 0.3) is 5.65 Å². The molecule has 41 heavy (non-hydrogen) atoms. The van der Waals surface area contributed by atoms with Crippen LogP contribution in [0.4, 0.5) is 11.6 Å². The number of nitrogens with one attached hydrogen (secondary N) is 2. The van der Waals surface area contributed by atoms with Crippen LogP contribution in [0, 0.1) is 18.3 Å². The summed E-state index contributed by atoms with van der Waals surface area (Å²) in [4.78, 5) is 11.6. The Balaban J connectivity index is 0.000000449. The summed E-state index contributed by atoms with van der Waals surface area (Å²) in [6.07, 6.45) is 3.74. The van der Waals surface area contributed by atoms with Gasteiger partial charge in [0.25, 0.3) is 5.95 Å². The van der Waals surface area contributed by atoms with Gasteiger partial charge in [-0.2, -0.15) is 4.98 Å². The molecule has 4 atom stereocenters. The lowest BCUT2D eigenvalue weighted by Crippen LogP contribution is -2.53. The Morgan fingerprint density at radius 2 is 1.93 bits per heavy atom. The van der Waals surface area contributed by atoms with Gasteiger partial charge in [0.05, 0.1) is 36.8 Å². The minimum atomic E-state index is -3.52. The fourth-order valence-corrected chi connectivity index (χ4v) is 6.82. The van der Waals surface area contributed by atoms with Crippen LogP contribution in [0.2, 0.25) is 0 Å². The van der Waals surface area contributed by atoms with Crippen LogP contribution in [0.1, 0.15) is 49.8 Å². The van der Waals surface area contributed by atoms with Crippen LogP contribution in [-0.2, 0) is 20.4 Å². The van der Waals surface area contributed by atoms with E-state index in [1.54, 1.807) is 6.92 Å². The molecule has 0 radical (unpaired) electrons. The van der Waals surface area contributed by atoms with E-state index < -0.39 is 21.0 Å². The second-order valence-electron chi connectivity index (χ2n) is 11.4. The van der Waals surface area contributed by atoms with Crippen molar-refractivity contribution in [2.24, 2.45) is 11.3 Å². The SMILES string of the molecule is CCS(=O)(=O)Nc1n[nH]c(C2C3(CO)COC2(c2nc4c(C)cc(N5CCC(C)C5)cn4n2)C3)n1.c1ccccc1. The zero-order valence-corrected chi connectivity index (χ0v) is 24.3. The standard InChI is InChI=1S/C22H30N8O4S.C6H6/c1-4-35(32,33)28-20-23-17(25-26-20)16-21(11-31)10-22(16,34-12-21)19-24-18-14(3)7-15(9-30(18)27-19)29-6-5-13(2)8-29;1-2-4-6-5-3-1/h7,9,13,16,31H,4-6,8,10-12H2,1-3H3,(H2,23,25,26,28);1-6H. The number of aryl methyl sites for hydroxylation is 1. The van der Waals surface area contributed by atoms with Crippen LogP contribution in [-0.4, -0.2) is 75.4 Å². The zero-order chi connectivity index (χ0) is 28.8. The molecule has 0 amide bonds. The highest BCUT2D eigenvalue weighted by Gasteiger charge is 2.74. The molecular formula is C28H36N8O4S. The topological polar surface area (TPSA) is 151 Å². The molecule has 4 fully saturated rings. The molecule has 12 nitrogen and oxygen atoms in total. The van der Waals surface area contributed by atoms with Gasteiger partial charge in [0.15, 0.2) is 11.5 Å². The Bertz CT molecular complexity index is 1610. The molecule has 3 aromatic heterocycles. The number of pyridine rings is 1. The largest absolute Gasteiger partial charge is 0.396 e. The number of aliphatic hydroxyl groups excluding tert-OH is 1. The molecule has 2 bridgehead atoms. The summed E-state index contributed by atoms with van der Waals surface area (Å²) in [6.45, 7) is 8.12. The van der Waals surface area contributed by atoms with Crippen molar-refractivity contribution < 1.29 is 18.3 Å². The van der Waals surface area contributed by atoms with Crippen LogP contribution in [0.5, 0.6) is 0 Å². The molecule has 6 heterocycles. The van der Waals surface area contributed by atoms with Crippen LogP contribution < -0.4 is 9.62 Å². The van der Waals surface area contributed by atoms with Gasteiger partial charge in [0.2, 0.25) is 10.0 Å². The minimum Gasteiger partial charge on any atom is -0.396 e. The average molecular weight is 581 g/mol. The van der Waals surface area contributed by atoms with Crippen LogP contribution >= 0.6 is 0 Å². The number of ether oxygens (including phenoxy) is 1. The molecule has 1 aromatic carbocycles. The summed E-state index contributed by atoms with van der Waals surface area (Å²) in [7, 11) is -3.52. The number of fused-ring (bicyclic) bond motifs is 2. The highest BCUT2D eigenvalue weighted by molar-refractivity contribution is 7.92. The van der Waals surface area contributed by atoms with Crippen molar-refractivity contribution in [1.82, 2.24) is 29.8 Å². The van der Waals surface area contributed by atoms with E-state index in [9.17, 15) is 13.5 Å². The summed E-state index contributed by atoms with van der Waals surface area (Å²) in [6, 6.07) is 14.2. The minimum absolute atomic E-state index is 0.0281. The van der Waals surface area contributed by atoms with E-state index in [2.05, 4.69) is 37.8 Å². The lowest BCUT2D eigenvalue weighted by Gasteiger charge is -2.49. The van der Waals surface area contributed by atoms with E-state index in [1.165, 1.54) is 6.42 Å². The number of hydrogen-bond acceptors (Lipinski definition) is 9. The van der Waals surface area contributed by atoms with E-state index in [0.717, 1.165) is 30.0 Å². The molecule has 4 aromatic rings. The third kappa shape index (κ3) is 4.85. The normalized spacial score (nSPS) is 27.0. The van der Waals surface area contributed by atoms with Crippen molar-refractivity contribution in [3.05, 3.63) is 65.9 Å². The predicted octanol–water partition coefficient (Wildman–Crippen LogP) is 2.84. The van der Waals surface area contributed by atoms with Crippen molar-refractivity contribution in [2.45, 2.75) is 45.1 Å². The first kappa shape index (κ1) is 27.6. The maximum absolute atomic E-state index is 12.0. The Labute approximate surface area is 239 Å². The second-order valence-corrected chi connectivity index (χ2v) is 13.4. The summed E-state index contributed by atoms with van der Waals surface area (Å²) >= 11 is 0. The van der Waals surface area contributed by atoms with E-state index in [1.807, 2.05) is 54.0 Å². The Morgan fingerprint density at radius 3 is 2.56 bits per heavy atom. The number of H-pyrrole nitrogens is 1. The Kier molecular flexibility index (Phi) is 6.99.